The zero-order valence-corrected chi connectivity index (χ0v) is 9.44. The highest BCUT2D eigenvalue weighted by atomic mass is 19.3. The first kappa shape index (κ1) is 13.6. The second-order valence-corrected chi connectivity index (χ2v) is 3.78. The van der Waals surface area contributed by atoms with Gasteiger partial charge < -0.3 is 10.4 Å². The zero-order valence-electron chi connectivity index (χ0n) is 9.44. The molecule has 0 saturated heterocycles. The highest BCUT2D eigenvalue weighted by Gasteiger charge is 2.20. The predicted molar refractivity (Wildman–Crippen MR) is 59.9 cm³/mol. The van der Waals surface area contributed by atoms with Crippen molar-refractivity contribution in [3.63, 3.8) is 0 Å². The summed E-state index contributed by atoms with van der Waals surface area (Å²) in [6.45, 7) is 1.24. The molecule has 0 aliphatic rings. The minimum atomic E-state index is -2.85. The van der Waals surface area contributed by atoms with Crippen LogP contribution in [0.3, 0.4) is 0 Å². The lowest BCUT2D eigenvalue weighted by atomic mass is 10.0. The van der Waals surface area contributed by atoms with Crippen LogP contribution in [-0.4, -0.2) is 30.1 Å². The van der Waals surface area contributed by atoms with Crippen LogP contribution < -0.4 is 5.32 Å². The summed E-state index contributed by atoms with van der Waals surface area (Å²) in [5.41, 5.74) is 0.802. The second kappa shape index (κ2) is 6.30. The summed E-state index contributed by atoms with van der Waals surface area (Å²) in [5.74, 6) is -0.808. The molecule has 1 aromatic rings. The maximum Gasteiger partial charge on any atom is 0.265 e. The molecule has 5 heteroatoms. The number of aliphatic hydroxyl groups is 1. The highest BCUT2D eigenvalue weighted by molar-refractivity contribution is 5.83. The van der Waals surface area contributed by atoms with Crippen LogP contribution in [0.1, 0.15) is 18.4 Å². The molecule has 0 saturated carbocycles. The lowest BCUT2D eigenvalue weighted by Crippen LogP contribution is -2.37. The van der Waals surface area contributed by atoms with Gasteiger partial charge in [0.1, 0.15) is 6.10 Å². The van der Waals surface area contributed by atoms with Gasteiger partial charge in [0.15, 0.2) is 0 Å². The molecule has 0 radical (unpaired) electrons. The molecule has 2 N–H and O–H groups in total. The van der Waals surface area contributed by atoms with E-state index in [0.717, 1.165) is 5.56 Å². The van der Waals surface area contributed by atoms with Crippen molar-refractivity contribution in [1.82, 2.24) is 5.32 Å². The van der Waals surface area contributed by atoms with Crippen LogP contribution in [0.2, 0.25) is 0 Å². The average molecular weight is 243 g/mol. The normalized spacial score (nSPS) is 14.4. The zero-order chi connectivity index (χ0) is 12.8. The second-order valence-electron chi connectivity index (χ2n) is 3.78. The van der Waals surface area contributed by atoms with Crippen LogP contribution in [0.15, 0.2) is 30.3 Å². The monoisotopic (exact) mass is 243 g/mol. The van der Waals surface area contributed by atoms with Gasteiger partial charge in [0, 0.05) is 6.54 Å². The van der Waals surface area contributed by atoms with Crippen molar-refractivity contribution in [2.75, 3.05) is 6.54 Å². The lowest BCUT2D eigenvalue weighted by molar-refractivity contribution is -0.123. The SMILES string of the molecule is CC(C(=O)NCC(O)C(F)F)c1ccccc1. The van der Waals surface area contributed by atoms with E-state index in [2.05, 4.69) is 5.32 Å². The van der Waals surface area contributed by atoms with Crippen molar-refractivity contribution in [3.05, 3.63) is 35.9 Å². The first-order valence-electron chi connectivity index (χ1n) is 5.31. The van der Waals surface area contributed by atoms with Crippen LogP contribution >= 0.6 is 0 Å². The Hall–Kier alpha value is -1.49. The van der Waals surface area contributed by atoms with E-state index in [-0.39, 0.29) is 5.91 Å². The minimum absolute atomic E-state index is 0.379. The maximum absolute atomic E-state index is 12.0. The molecule has 0 fully saturated rings. The van der Waals surface area contributed by atoms with E-state index in [0.29, 0.717) is 0 Å². The summed E-state index contributed by atoms with van der Waals surface area (Å²) in [5, 5.41) is 11.2. The van der Waals surface area contributed by atoms with E-state index in [4.69, 9.17) is 5.11 Å². The fraction of sp³-hybridized carbons (Fsp3) is 0.417. The van der Waals surface area contributed by atoms with Gasteiger partial charge in [0.05, 0.1) is 5.92 Å². The number of rotatable bonds is 5. The average Bonchev–Trinajstić information content (AvgIpc) is 2.35. The molecule has 1 rings (SSSR count). The molecule has 0 spiro atoms. The number of nitrogens with one attached hydrogen (secondary N) is 1. The molecule has 0 aromatic heterocycles. The Bertz CT molecular complexity index is 357. The van der Waals surface area contributed by atoms with Crippen molar-refractivity contribution in [2.24, 2.45) is 0 Å². The van der Waals surface area contributed by atoms with E-state index in [1.54, 1.807) is 31.2 Å². The van der Waals surface area contributed by atoms with E-state index in [1.165, 1.54) is 0 Å². The molecule has 2 unspecified atom stereocenters. The molecule has 0 bridgehead atoms. The Morgan fingerprint density at radius 1 is 1.35 bits per heavy atom. The van der Waals surface area contributed by atoms with Gasteiger partial charge in [0.25, 0.3) is 6.43 Å². The largest absolute Gasteiger partial charge is 0.385 e. The van der Waals surface area contributed by atoms with Gasteiger partial charge in [-0.1, -0.05) is 30.3 Å². The molecule has 3 nitrogen and oxygen atoms in total. The molecule has 94 valence electrons. The summed E-state index contributed by atoms with van der Waals surface area (Å²) < 4.78 is 24.0. The van der Waals surface area contributed by atoms with Crippen LogP contribution in [0.25, 0.3) is 0 Å². The number of carbonyl (C=O) groups is 1. The molecule has 0 aliphatic carbocycles. The number of hydrogen-bond acceptors (Lipinski definition) is 2. The first-order valence-corrected chi connectivity index (χ1v) is 5.31. The van der Waals surface area contributed by atoms with E-state index < -0.39 is 25.0 Å². The van der Waals surface area contributed by atoms with Gasteiger partial charge in [-0.2, -0.15) is 0 Å². The number of aliphatic hydroxyl groups excluding tert-OH is 1. The van der Waals surface area contributed by atoms with Crippen molar-refractivity contribution in [1.29, 1.82) is 0 Å². The lowest BCUT2D eigenvalue weighted by Gasteiger charge is -2.14. The molecule has 0 heterocycles. The number of carbonyl (C=O) groups excluding carboxylic acids is 1. The van der Waals surface area contributed by atoms with Gasteiger partial charge >= 0.3 is 0 Å². The first-order chi connectivity index (χ1) is 8.02. The van der Waals surface area contributed by atoms with Crippen LogP contribution in [-0.2, 0) is 4.79 Å². The molecular formula is C12H15F2NO2. The molecule has 17 heavy (non-hydrogen) atoms. The van der Waals surface area contributed by atoms with Gasteiger partial charge in [-0.25, -0.2) is 8.78 Å². The summed E-state index contributed by atoms with van der Waals surface area (Å²) in [6, 6.07) is 9.00. The van der Waals surface area contributed by atoms with Gasteiger partial charge in [-0.05, 0) is 12.5 Å². The fourth-order valence-electron chi connectivity index (χ4n) is 1.34. The van der Waals surface area contributed by atoms with Crippen LogP contribution in [0.5, 0.6) is 0 Å². The van der Waals surface area contributed by atoms with Crippen LogP contribution in [0.4, 0.5) is 8.78 Å². The van der Waals surface area contributed by atoms with Gasteiger partial charge in [-0.15, -0.1) is 0 Å². The third-order valence-corrected chi connectivity index (χ3v) is 2.47. The number of alkyl halides is 2. The number of amides is 1. The number of halogens is 2. The Morgan fingerprint density at radius 2 is 1.94 bits per heavy atom. The Balaban J connectivity index is 2.48. The third-order valence-electron chi connectivity index (χ3n) is 2.47. The molecule has 0 aliphatic heterocycles. The van der Waals surface area contributed by atoms with Crippen molar-refractivity contribution >= 4 is 5.91 Å². The summed E-state index contributed by atoms with van der Waals surface area (Å²) in [7, 11) is 0. The van der Waals surface area contributed by atoms with Crippen molar-refractivity contribution in [3.8, 4) is 0 Å². The Kier molecular flexibility index (Phi) is 5.03. The van der Waals surface area contributed by atoms with E-state index in [9.17, 15) is 13.6 Å². The van der Waals surface area contributed by atoms with Crippen LogP contribution in [0, 0.1) is 0 Å². The quantitative estimate of drug-likeness (QED) is 0.824. The van der Waals surface area contributed by atoms with Crippen molar-refractivity contribution < 1.29 is 18.7 Å². The topological polar surface area (TPSA) is 49.3 Å². The number of hydrogen-bond donors (Lipinski definition) is 2. The van der Waals surface area contributed by atoms with Crippen molar-refractivity contribution in [2.45, 2.75) is 25.4 Å². The molecule has 1 aromatic carbocycles. The Morgan fingerprint density at radius 3 is 2.47 bits per heavy atom. The maximum atomic E-state index is 12.0. The molecular weight excluding hydrogens is 228 g/mol. The van der Waals surface area contributed by atoms with E-state index >= 15 is 0 Å². The van der Waals surface area contributed by atoms with Gasteiger partial charge in [-0.3, -0.25) is 4.79 Å². The predicted octanol–water partition coefficient (Wildman–Crippen LogP) is 1.53. The minimum Gasteiger partial charge on any atom is -0.385 e. The van der Waals surface area contributed by atoms with Gasteiger partial charge in [0.2, 0.25) is 5.91 Å². The third kappa shape index (κ3) is 4.11. The number of benzene rings is 1. The standard InChI is InChI=1S/C12H15F2NO2/c1-8(9-5-3-2-4-6-9)12(17)15-7-10(16)11(13)14/h2-6,8,10-11,16H,7H2,1H3,(H,15,17). The summed E-state index contributed by atoms with van der Waals surface area (Å²) in [4.78, 5) is 11.6. The highest BCUT2D eigenvalue weighted by Crippen LogP contribution is 2.14. The fourth-order valence-corrected chi connectivity index (χ4v) is 1.34. The Labute approximate surface area is 98.5 Å². The molecule has 2 atom stereocenters. The summed E-state index contributed by atoms with van der Waals surface area (Å²) in [6.07, 6.45) is -4.66. The van der Waals surface area contributed by atoms with E-state index in [1.807, 2.05) is 6.07 Å². The summed E-state index contributed by atoms with van der Waals surface area (Å²) >= 11 is 0. The molecule has 1 amide bonds. The smallest absolute Gasteiger partial charge is 0.265 e.